The molecule has 5 rings (SSSR count). The zero-order valence-corrected chi connectivity index (χ0v) is 16.0. The van der Waals surface area contributed by atoms with Crippen molar-refractivity contribution >= 4 is 23.4 Å². The van der Waals surface area contributed by atoms with E-state index in [0.717, 1.165) is 32.5 Å². The van der Waals surface area contributed by atoms with Crippen molar-refractivity contribution in [1.82, 2.24) is 19.6 Å². The summed E-state index contributed by atoms with van der Waals surface area (Å²) in [7, 11) is 0. The highest BCUT2D eigenvalue weighted by Gasteiger charge is 2.36. The lowest BCUT2D eigenvalue weighted by atomic mass is 9.84. The minimum Gasteiger partial charge on any atom is -0.479 e. The van der Waals surface area contributed by atoms with Crippen LogP contribution in [0.25, 0.3) is 5.52 Å². The number of aliphatic carboxylic acids is 2. The first kappa shape index (κ1) is 20.1. The monoisotopic (exact) mass is 418 g/mol. The van der Waals surface area contributed by atoms with Gasteiger partial charge in [0, 0.05) is 24.3 Å². The Morgan fingerprint density at radius 3 is 2.53 bits per heavy atom. The number of aliphatic hydroxyl groups is 1. The van der Waals surface area contributed by atoms with Gasteiger partial charge in [0.25, 0.3) is 5.91 Å². The van der Waals surface area contributed by atoms with Crippen molar-refractivity contribution < 1.29 is 34.4 Å². The zero-order chi connectivity index (χ0) is 21.4. The molecule has 160 valence electrons. The van der Waals surface area contributed by atoms with E-state index < -0.39 is 24.1 Å². The lowest BCUT2D eigenvalue weighted by Crippen LogP contribution is -2.57. The third-order valence-corrected chi connectivity index (χ3v) is 5.76. The Morgan fingerprint density at radius 1 is 1.20 bits per heavy atom. The second-order valence-corrected chi connectivity index (χ2v) is 7.64. The number of hydrogen-bond donors (Lipinski definition) is 4. The van der Waals surface area contributed by atoms with Gasteiger partial charge in [-0.1, -0.05) is 0 Å². The van der Waals surface area contributed by atoms with Crippen molar-refractivity contribution in [1.29, 1.82) is 0 Å². The lowest BCUT2D eigenvalue weighted by molar-refractivity contribution is -0.163. The Labute approximate surface area is 170 Å². The second-order valence-electron chi connectivity index (χ2n) is 7.64. The third-order valence-electron chi connectivity index (χ3n) is 5.76. The Bertz CT molecular complexity index is 982. The fourth-order valence-corrected chi connectivity index (χ4v) is 4.08. The van der Waals surface area contributed by atoms with Gasteiger partial charge < -0.3 is 34.7 Å². The fourth-order valence-electron chi connectivity index (χ4n) is 4.08. The molecule has 2 bridgehead atoms. The molecule has 0 saturated carbocycles. The molecule has 2 aromatic rings. The number of amides is 1. The molecule has 1 amide bonds. The molecule has 0 aromatic carbocycles. The van der Waals surface area contributed by atoms with Crippen molar-refractivity contribution in [2.24, 2.45) is 5.92 Å². The van der Waals surface area contributed by atoms with Crippen LogP contribution in [0, 0.1) is 5.92 Å². The molecular formula is C19H22N4O7. The number of nitrogens with zero attached hydrogens (tertiary/aromatic N) is 3. The summed E-state index contributed by atoms with van der Waals surface area (Å²) in [6.07, 6.45) is 0.712. The molecule has 11 heteroatoms. The quantitative estimate of drug-likeness (QED) is 0.463. The summed E-state index contributed by atoms with van der Waals surface area (Å²) in [5.41, 5.74) is 0.621. The van der Waals surface area contributed by atoms with E-state index in [4.69, 9.17) is 9.84 Å². The van der Waals surface area contributed by atoms with E-state index in [1.807, 2.05) is 0 Å². The van der Waals surface area contributed by atoms with Gasteiger partial charge in [0.15, 0.2) is 6.10 Å². The molecule has 0 radical (unpaired) electrons. The molecule has 3 aliphatic rings. The van der Waals surface area contributed by atoms with Gasteiger partial charge in [0.1, 0.15) is 11.8 Å². The first-order valence-corrected chi connectivity index (χ1v) is 9.63. The van der Waals surface area contributed by atoms with E-state index in [2.05, 4.69) is 15.2 Å². The maximum atomic E-state index is 12.8. The Balaban J connectivity index is 1.54. The third kappa shape index (κ3) is 3.81. The number of ether oxygens (including phenoxy) is 1. The number of carboxylic acid groups (broad SMARTS) is 2. The van der Waals surface area contributed by atoms with Crippen molar-refractivity contribution in [3.05, 3.63) is 30.2 Å². The van der Waals surface area contributed by atoms with Gasteiger partial charge in [-0.3, -0.25) is 4.79 Å². The van der Waals surface area contributed by atoms with Crippen LogP contribution in [0.5, 0.6) is 5.88 Å². The molecular weight excluding hydrogens is 396 g/mol. The zero-order valence-electron chi connectivity index (χ0n) is 16.0. The van der Waals surface area contributed by atoms with Crippen molar-refractivity contribution in [3.8, 4) is 5.88 Å². The number of carbonyl (C=O) groups is 3. The van der Waals surface area contributed by atoms with Gasteiger partial charge in [-0.25, -0.2) is 14.6 Å². The molecule has 2 aromatic heterocycles. The van der Waals surface area contributed by atoms with Gasteiger partial charge >= 0.3 is 11.9 Å². The van der Waals surface area contributed by atoms with Crippen LogP contribution >= 0.6 is 0 Å². The van der Waals surface area contributed by atoms with Gasteiger partial charge in [-0.2, -0.15) is 0 Å². The minimum atomic E-state index is -2.28. The topological polar surface area (TPSA) is 154 Å². The number of hydrogen-bond acceptors (Lipinski definition) is 7. The van der Waals surface area contributed by atoms with E-state index in [1.165, 1.54) is 16.8 Å². The summed E-state index contributed by atoms with van der Waals surface area (Å²) in [5, 5.41) is 30.7. The number of pyridine rings is 1. The molecule has 11 nitrogen and oxygen atoms in total. The summed E-state index contributed by atoms with van der Waals surface area (Å²) in [4.78, 5) is 41.3. The first-order valence-electron chi connectivity index (χ1n) is 9.63. The van der Waals surface area contributed by atoms with Crippen LogP contribution in [-0.2, 0) is 9.59 Å². The van der Waals surface area contributed by atoms with Crippen LogP contribution in [0.4, 0.5) is 0 Å². The summed E-state index contributed by atoms with van der Waals surface area (Å²) in [6.45, 7) is 2.95. The van der Waals surface area contributed by atoms with Crippen LogP contribution in [0.2, 0.25) is 0 Å². The van der Waals surface area contributed by atoms with Crippen LogP contribution < -0.4 is 10.1 Å². The number of carbonyl (C=O) groups excluding carboxylic acids is 1. The summed E-state index contributed by atoms with van der Waals surface area (Å²) in [6, 6.07) is 3.18. The fraction of sp³-hybridized carbons (Fsp3) is 0.474. The highest BCUT2D eigenvalue weighted by Crippen LogP contribution is 2.28. The lowest BCUT2D eigenvalue weighted by Gasteiger charge is -2.44. The average molecular weight is 418 g/mol. The first-order chi connectivity index (χ1) is 14.3. The van der Waals surface area contributed by atoms with Crippen molar-refractivity contribution in [3.63, 3.8) is 0 Å². The molecule has 3 fully saturated rings. The number of fused-ring (bicyclic) bond motifs is 4. The molecule has 30 heavy (non-hydrogen) atoms. The standard InChI is InChI=1S/C19H22N4O7/c24-14(18(26)27)15(19(28)29)30-17-13-7-11(3-6-23(13)9-20-17)16(25)21-12-8-22-4-1-10(12)2-5-22/h3,6-7,9-10,12,14-15,24H,1-2,4-5,8H2,(H,21,25)(H,26,27)(H,28,29)/t12-,14?,15?/m0/s1. The Kier molecular flexibility index (Phi) is 5.31. The predicted octanol–water partition coefficient (Wildman–Crippen LogP) is -0.564. The van der Waals surface area contributed by atoms with Crippen LogP contribution in [0.1, 0.15) is 23.2 Å². The van der Waals surface area contributed by atoms with Gasteiger partial charge in [-0.05, 0) is 44.0 Å². The predicted molar refractivity (Wildman–Crippen MR) is 101 cm³/mol. The van der Waals surface area contributed by atoms with Gasteiger partial charge in [0.2, 0.25) is 12.0 Å². The Morgan fingerprint density at radius 2 is 1.93 bits per heavy atom. The normalized spacial score (nSPS) is 24.9. The smallest absolute Gasteiger partial charge is 0.348 e. The molecule has 3 saturated heterocycles. The molecule has 2 unspecified atom stereocenters. The van der Waals surface area contributed by atoms with E-state index in [1.54, 1.807) is 12.3 Å². The molecule has 5 heterocycles. The highest BCUT2D eigenvalue weighted by atomic mass is 16.5. The van der Waals surface area contributed by atoms with E-state index in [9.17, 15) is 24.6 Å². The number of nitrogens with one attached hydrogen (secondary N) is 1. The Hall–Kier alpha value is -3.18. The highest BCUT2D eigenvalue weighted by molar-refractivity contribution is 5.95. The van der Waals surface area contributed by atoms with E-state index in [0.29, 0.717) is 11.5 Å². The molecule has 3 atom stereocenters. The van der Waals surface area contributed by atoms with Gasteiger partial charge in [0.05, 0.1) is 0 Å². The number of rotatable bonds is 7. The number of aromatic nitrogens is 2. The minimum absolute atomic E-state index is 0.0824. The summed E-state index contributed by atoms with van der Waals surface area (Å²) < 4.78 is 6.68. The molecule has 0 spiro atoms. The van der Waals surface area contributed by atoms with E-state index >= 15 is 0 Å². The SMILES string of the molecule is O=C(N[C@H]1CN2CCC1CC2)c1ccn2cnc(OC(C(=O)O)C(O)C(=O)O)c2c1. The van der Waals surface area contributed by atoms with Crippen LogP contribution in [0.15, 0.2) is 24.7 Å². The number of carboxylic acids is 2. The van der Waals surface area contributed by atoms with Crippen LogP contribution in [-0.4, -0.2) is 85.3 Å². The van der Waals surface area contributed by atoms with Crippen LogP contribution in [0.3, 0.4) is 0 Å². The second kappa shape index (κ2) is 7.92. The van der Waals surface area contributed by atoms with Crippen molar-refractivity contribution in [2.45, 2.75) is 31.1 Å². The largest absolute Gasteiger partial charge is 0.479 e. The molecule has 0 aliphatic carbocycles. The maximum Gasteiger partial charge on any atom is 0.348 e. The number of aliphatic hydroxyl groups excluding tert-OH is 1. The summed E-state index contributed by atoms with van der Waals surface area (Å²) in [5.74, 6) is -3.37. The molecule has 4 N–H and O–H groups in total. The maximum absolute atomic E-state index is 12.8. The summed E-state index contributed by atoms with van der Waals surface area (Å²) >= 11 is 0. The number of imidazole rings is 1. The van der Waals surface area contributed by atoms with E-state index in [-0.39, 0.29) is 23.3 Å². The van der Waals surface area contributed by atoms with Gasteiger partial charge in [-0.15, -0.1) is 0 Å². The number of piperidine rings is 3. The van der Waals surface area contributed by atoms with Crippen molar-refractivity contribution in [2.75, 3.05) is 19.6 Å². The molecule has 3 aliphatic heterocycles. The average Bonchev–Trinajstić information content (AvgIpc) is 3.14.